The first-order valence-corrected chi connectivity index (χ1v) is 8.85. The fourth-order valence-corrected chi connectivity index (χ4v) is 5.40. The monoisotopic (exact) mass is 310 g/mol. The van der Waals surface area contributed by atoms with E-state index < -0.39 is 10.0 Å². The van der Waals surface area contributed by atoms with E-state index in [1.165, 1.54) is 4.31 Å². The summed E-state index contributed by atoms with van der Waals surface area (Å²) in [5, 5.41) is 9.94. The summed E-state index contributed by atoms with van der Waals surface area (Å²) < 4.78 is 27.1. The Labute approximate surface area is 125 Å². The third-order valence-electron chi connectivity index (χ3n) is 4.88. The highest BCUT2D eigenvalue weighted by atomic mass is 32.2. The standard InChI is InChI=1S/C15H22N2O3S/c1-10-6-11(7-16)2-5-15(10)21(19,20)17-8-12-3-4-14(18)13(12)9-17/h2,5-6,12-14,18H,3-4,7-9,16H2,1H3. The molecule has 1 aromatic carbocycles. The molecule has 3 unspecified atom stereocenters. The number of nitrogens with zero attached hydrogens (tertiary/aromatic N) is 1. The van der Waals surface area contributed by atoms with Crippen LogP contribution in [0.1, 0.15) is 24.0 Å². The van der Waals surface area contributed by atoms with Crippen molar-refractivity contribution >= 4 is 10.0 Å². The van der Waals surface area contributed by atoms with Crippen molar-refractivity contribution in [1.82, 2.24) is 4.31 Å². The van der Waals surface area contributed by atoms with Crippen LogP contribution in [0.2, 0.25) is 0 Å². The quantitative estimate of drug-likeness (QED) is 0.867. The van der Waals surface area contributed by atoms with Crippen LogP contribution in [-0.2, 0) is 16.6 Å². The lowest BCUT2D eigenvalue weighted by molar-refractivity contribution is 0.129. The van der Waals surface area contributed by atoms with Gasteiger partial charge in [0.25, 0.3) is 0 Å². The molecule has 0 radical (unpaired) electrons. The molecule has 3 atom stereocenters. The van der Waals surface area contributed by atoms with Gasteiger partial charge < -0.3 is 10.8 Å². The van der Waals surface area contributed by atoms with Crippen LogP contribution in [0.25, 0.3) is 0 Å². The van der Waals surface area contributed by atoms with E-state index in [9.17, 15) is 13.5 Å². The van der Waals surface area contributed by atoms with E-state index in [-0.39, 0.29) is 12.0 Å². The zero-order valence-corrected chi connectivity index (χ0v) is 13.0. The second-order valence-electron chi connectivity index (χ2n) is 6.19. The Balaban J connectivity index is 1.88. The maximum atomic E-state index is 12.8. The van der Waals surface area contributed by atoms with Crippen LogP contribution >= 0.6 is 0 Å². The van der Waals surface area contributed by atoms with Crippen LogP contribution in [0.3, 0.4) is 0 Å². The van der Waals surface area contributed by atoms with Crippen molar-refractivity contribution in [3.63, 3.8) is 0 Å². The van der Waals surface area contributed by atoms with Gasteiger partial charge in [-0.3, -0.25) is 0 Å². The number of benzene rings is 1. The minimum atomic E-state index is -3.48. The van der Waals surface area contributed by atoms with Gasteiger partial charge in [0, 0.05) is 25.6 Å². The molecule has 0 bridgehead atoms. The number of aliphatic hydroxyl groups is 1. The summed E-state index contributed by atoms with van der Waals surface area (Å²) in [5.41, 5.74) is 7.25. The van der Waals surface area contributed by atoms with Gasteiger partial charge in [-0.15, -0.1) is 0 Å². The summed E-state index contributed by atoms with van der Waals surface area (Å²) in [6, 6.07) is 5.25. The molecule has 0 spiro atoms. The van der Waals surface area contributed by atoms with Gasteiger partial charge in [-0.25, -0.2) is 8.42 Å². The summed E-state index contributed by atoms with van der Waals surface area (Å²) >= 11 is 0. The van der Waals surface area contributed by atoms with Gasteiger partial charge in [-0.1, -0.05) is 12.1 Å². The summed E-state index contributed by atoms with van der Waals surface area (Å²) in [5.74, 6) is 0.404. The molecule has 1 heterocycles. The molecule has 2 fully saturated rings. The third-order valence-corrected chi connectivity index (χ3v) is 6.87. The second-order valence-corrected chi connectivity index (χ2v) is 8.10. The van der Waals surface area contributed by atoms with Gasteiger partial charge in [0.2, 0.25) is 10.0 Å². The number of rotatable bonds is 3. The third kappa shape index (κ3) is 2.50. The predicted molar refractivity (Wildman–Crippen MR) is 80.1 cm³/mol. The Morgan fingerprint density at radius 1 is 1.33 bits per heavy atom. The zero-order valence-electron chi connectivity index (χ0n) is 12.2. The number of hydrogen-bond donors (Lipinski definition) is 2. The Kier molecular flexibility index (Phi) is 3.81. The van der Waals surface area contributed by atoms with Crippen LogP contribution in [-0.4, -0.2) is 37.0 Å². The van der Waals surface area contributed by atoms with E-state index in [1.807, 2.05) is 6.07 Å². The van der Waals surface area contributed by atoms with E-state index in [0.717, 1.165) is 24.0 Å². The zero-order chi connectivity index (χ0) is 15.2. The van der Waals surface area contributed by atoms with Crippen molar-refractivity contribution in [3.8, 4) is 0 Å². The highest BCUT2D eigenvalue weighted by Gasteiger charge is 2.45. The first kappa shape index (κ1) is 15.0. The second kappa shape index (κ2) is 5.35. The normalized spacial score (nSPS) is 29.8. The molecule has 1 aromatic rings. The minimum Gasteiger partial charge on any atom is -0.393 e. The Morgan fingerprint density at radius 2 is 2.10 bits per heavy atom. The molecule has 0 amide bonds. The molecule has 21 heavy (non-hydrogen) atoms. The molecular formula is C15H22N2O3S. The van der Waals surface area contributed by atoms with E-state index in [2.05, 4.69) is 0 Å². The van der Waals surface area contributed by atoms with Gasteiger partial charge >= 0.3 is 0 Å². The van der Waals surface area contributed by atoms with E-state index in [1.54, 1.807) is 19.1 Å². The smallest absolute Gasteiger partial charge is 0.243 e. The van der Waals surface area contributed by atoms with E-state index in [4.69, 9.17) is 5.73 Å². The summed E-state index contributed by atoms with van der Waals surface area (Å²) in [4.78, 5) is 0.356. The summed E-state index contributed by atoms with van der Waals surface area (Å²) in [7, 11) is -3.48. The van der Waals surface area contributed by atoms with Gasteiger partial charge in [0.1, 0.15) is 0 Å². The van der Waals surface area contributed by atoms with Crippen molar-refractivity contribution in [2.24, 2.45) is 17.6 Å². The van der Waals surface area contributed by atoms with Crippen molar-refractivity contribution < 1.29 is 13.5 Å². The maximum absolute atomic E-state index is 12.8. The van der Waals surface area contributed by atoms with E-state index >= 15 is 0 Å². The van der Waals surface area contributed by atoms with Crippen LogP contribution in [0, 0.1) is 18.8 Å². The van der Waals surface area contributed by atoms with Crippen LogP contribution < -0.4 is 5.73 Å². The molecular weight excluding hydrogens is 288 g/mol. The van der Waals surface area contributed by atoms with E-state index in [0.29, 0.717) is 30.4 Å². The minimum absolute atomic E-state index is 0.100. The van der Waals surface area contributed by atoms with Gasteiger partial charge in [-0.05, 0) is 42.9 Å². The number of fused-ring (bicyclic) bond motifs is 1. The number of hydrogen-bond acceptors (Lipinski definition) is 4. The highest BCUT2D eigenvalue weighted by Crippen LogP contribution is 2.40. The first-order chi connectivity index (χ1) is 9.93. The lowest BCUT2D eigenvalue weighted by Crippen LogP contribution is -2.31. The number of nitrogens with two attached hydrogens (primary N) is 1. The molecule has 1 aliphatic heterocycles. The molecule has 116 valence electrons. The first-order valence-electron chi connectivity index (χ1n) is 7.41. The lowest BCUT2D eigenvalue weighted by atomic mass is 10.00. The van der Waals surface area contributed by atoms with Crippen molar-refractivity contribution in [3.05, 3.63) is 29.3 Å². The Hall–Kier alpha value is -0.950. The molecule has 1 saturated heterocycles. The molecule has 0 aromatic heterocycles. The Morgan fingerprint density at radius 3 is 2.71 bits per heavy atom. The molecule has 3 rings (SSSR count). The fourth-order valence-electron chi connectivity index (χ4n) is 3.66. The molecule has 1 saturated carbocycles. The molecule has 6 heteroatoms. The maximum Gasteiger partial charge on any atom is 0.243 e. The number of aryl methyl sites for hydroxylation is 1. The molecule has 1 aliphatic carbocycles. The van der Waals surface area contributed by atoms with Crippen molar-refractivity contribution in [2.75, 3.05) is 13.1 Å². The van der Waals surface area contributed by atoms with Crippen LogP contribution in [0.5, 0.6) is 0 Å². The Bertz CT molecular complexity index is 644. The number of sulfonamides is 1. The lowest BCUT2D eigenvalue weighted by Gasteiger charge is -2.20. The van der Waals surface area contributed by atoms with Gasteiger partial charge in [-0.2, -0.15) is 4.31 Å². The summed E-state index contributed by atoms with van der Waals surface area (Å²) in [6.07, 6.45) is 1.37. The topological polar surface area (TPSA) is 83.6 Å². The van der Waals surface area contributed by atoms with Crippen LogP contribution in [0.4, 0.5) is 0 Å². The molecule has 3 N–H and O–H groups in total. The largest absolute Gasteiger partial charge is 0.393 e. The fraction of sp³-hybridized carbons (Fsp3) is 0.600. The predicted octanol–water partition coefficient (Wildman–Crippen LogP) is 0.845. The average molecular weight is 310 g/mol. The van der Waals surface area contributed by atoms with Crippen molar-refractivity contribution in [2.45, 2.75) is 37.3 Å². The molecule has 2 aliphatic rings. The summed E-state index contributed by atoms with van der Waals surface area (Å²) in [6.45, 7) is 3.17. The van der Waals surface area contributed by atoms with Gasteiger partial charge in [0.15, 0.2) is 0 Å². The van der Waals surface area contributed by atoms with Crippen molar-refractivity contribution in [1.29, 1.82) is 0 Å². The average Bonchev–Trinajstić information content (AvgIpc) is 3.01. The highest BCUT2D eigenvalue weighted by molar-refractivity contribution is 7.89. The number of aliphatic hydroxyl groups excluding tert-OH is 1. The van der Waals surface area contributed by atoms with Gasteiger partial charge in [0.05, 0.1) is 11.0 Å². The molecule has 5 nitrogen and oxygen atoms in total. The SMILES string of the molecule is Cc1cc(CN)ccc1S(=O)(=O)N1CC2CCC(O)C2C1. The van der Waals surface area contributed by atoms with Crippen LogP contribution in [0.15, 0.2) is 23.1 Å².